The molecule has 1 aliphatic rings. The Balaban J connectivity index is 2.37. The molecule has 1 aliphatic heterocycles. The molecule has 1 aromatic rings. The molecule has 0 saturated carbocycles. The molecule has 2 unspecified atom stereocenters. The number of hydrogen-bond donors (Lipinski definition) is 1. The van der Waals surface area contributed by atoms with Crippen molar-refractivity contribution in [1.29, 1.82) is 0 Å². The Labute approximate surface area is 110 Å². The lowest BCUT2D eigenvalue weighted by Gasteiger charge is -2.39. The first-order chi connectivity index (χ1) is 8.85. The van der Waals surface area contributed by atoms with E-state index in [9.17, 15) is 18.3 Å². The van der Waals surface area contributed by atoms with E-state index in [1.165, 1.54) is 0 Å². The lowest BCUT2D eigenvalue weighted by molar-refractivity contribution is -0.122. The van der Waals surface area contributed by atoms with Crippen molar-refractivity contribution in [3.8, 4) is 0 Å². The Morgan fingerprint density at radius 1 is 1.26 bits per heavy atom. The van der Waals surface area contributed by atoms with Crippen LogP contribution in [0.25, 0.3) is 0 Å². The molecule has 1 N–H and O–H groups in total. The van der Waals surface area contributed by atoms with E-state index in [0.717, 1.165) is 12.1 Å². The Kier molecular flexibility index (Phi) is 3.87. The normalized spacial score (nSPS) is 27.8. The van der Waals surface area contributed by atoms with Crippen molar-refractivity contribution in [3.05, 3.63) is 35.1 Å². The lowest BCUT2D eigenvalue weighted by atomic mass is 9.81. The van der Waals surface area contributed by atoms with Gasteiger partial charge in [-0.2, -0.15) is 0 Å². The quantitative estimate of drug-likeness (QED) is 0.840. The molecule has 2 rings (SSSR count). The van der Waals surface area contributed by atoms with Gasteiger partial charge in [-0.3, -0.25) is 0 Å². The van der Waals surface area contributed by atoms with Gasteiger partial charge in [0.05, 0.1) is 18.3 Å². The van der Waals surface area contributed by atoms with Gasteiger partial charge in [0.2, 0.25) is 0 Å². The number of rotatable bonds is 2. The molecular weight excluding hydrogens is 257 g/mol. The van der Waals surface area contributed by atoms with Crippen LogP contribution in [0, 0.1) is 23.4 Å². The monoisotopic (exact) mass is 274 g/mol. The van der Waals surface area contributed by atoms with E-state index in [-0.39, 0.29) is 37.0 Å². The van der Waals surface area contributed by atoms with Gasteiger partial charge in [0.25, 0.3) is 0 Å². The summed E-state index contributed by atoms with van der Waals surface area (Å²) in [5.41, 5.74) is -1.70. The summed E-state index contributed by atoms with van der Waals surface area (Å²) in [6.45, 7) is 4.12. The van der Waals surface area contributed by atoms with E-state index < -0.39 is 23.1 Å². The van der Waals surface area contributed by atoms with Crippen LogP contribution < -0.4 is 0 Å². The van der Waals surface area contributed by atoms with Crippen molar-refractivity contribution in [1.82, 2.24) is 0 Å². The van der Waals surface area contributed by atoms with Crippen LogP contribution >= 0.6 is 0 Å². The highest BCUT2D eigenvalue weighted by Crippen LogP contribution is 2.38. The van der Waals surface area contributed by atoms with Crippen molar-refractivity contribution in [2.24, 2.45) is 5.92 Å². The average Bonchev–Trinajstić information content (AvgIpc) is 2.35. The molecule has 0 spiro atoms. The molecule has 1 aromatic carbocycles. The SMILES string of the molecule is CC(C)C1CC(O)(c2ccc(F)c(F)c2F)CCO1. The van der Waals surface area contributed by atoms with Crippen molar-refractivity contribution < 1.29 is 23.0 Å². The molecule has 0 radical (unpaired) electrons. The third-order valence-electron chi connectivity index (χ3n) is 3.67. The number of benzene rings is 1. The van der Waals surface area contributed by atoms with Crippen molar-refractivity contribution >= 4 is 0 Å². The summed E-state index contributed by atoms with van der Waals surface area (Å²) < 4.78 is 45.5. The summed E-state index contributed by atoms with van der Waals surface area (Å²) in [6.07, 6.45) is 0.108. The van der Waals surface area contributed by atoms with Crippen molar-refractivity contribution in [3.63, 3.8) is 0 Å². The summed E-state index contributed by atoms with van der Waals surface area (Å²) in [5, 5.41) is 10.5. The molecule has 0 amide bonds. The first-order valence-corrected chi connectivity index (χ1v) is 6.33. The Hall–Kier alpha value is -1.07. The average molecular weight is 274 g/mol. The summed E-state index contributed by atoms with van der Waals surface area (Å²) >= 11 is 0. The predicted molar refractivity (Wildman–Crippen MR) is 64.0 cm³/mol. The zero-order chi connectivity index (χ0) is 14.2. The van der Waals surface area contributed by atoms with Crippen LogP contribution in [0.15, 0.2) is 12.1 Å². The minimum atomic E-state index is -1.54. The lowest BCUT2D eigenvalue weighted by Crippen LogP contribution is -2.41. The van der Waals surface area contributed by atoms with E-state index in [1.807, 2.05) is 13.8 Å². The van der Waals surface area contributed by atoms with Gasteiger partial charge in [0.1, 0.15) is 0 Å². The van der Waals surface area contributed by atoms with E-state index in [2.05, 4.69) is 0 Å². The molecular formula is C14H17F3O2. The Bertz CT molecular complexity index is 476. The van der Waals surface area contributed by atoms with Gasteiger partial charge in [0, 0.05) is 18.4 Å². The van der Waals surface area contributed by atoms with E-state index >= 15 is 0 Å². The van der Waals surface area contributed by atoms with Crippen LogP contribution in [0.3, 0.4) is 0 Å². The first-order valence-electron chi connectivity index (χ1n) is 6.33. The van der Waals surface area contributed by atoms with Gasteiger partial charge in [-0.15, -0.1) is 0 Å². The second-order valence-corrected chi connectivity index (χ2v) is 5.36. The summed E-state index contributed by atoms with van der Waals surface area (Å²) in [7, 11) is 0. The predicted octanol–water partition coefficient (Wildman–Crippen LogP) is 3.13. The molecule has 0 aliphatic carbocycles. The largest absolute Gasteiger partial charge is 0.385 e. The number of hydrogen-bond acceptors (Lipinski definition) is 2. The van der Waals surface area contributed by atoms with E-state index in [1.54, 1.807) is 0 Å². The van der Waals surface area contributed by atoms with Crippen LogP contribution in [-0.4, -0.2) is 17.8 Å². The number of halogens is 3. The van der Waals surface area contributed by atoms with Gasteiger partial charge in [0.15, 0.2) is 17.5 Å². The standard InChI is InChI=1S/C14H17F3O2/c1-8(2)11-7-14(18,5-6-19-11)9-3-4-10(15)13(17)12(9)16/h3-4,8,11,18H,5-7H2,1-2H3. The fourth-order valence-electron chi connectivity index (χ4n) is 2.43. The highest BCUT2D eigenvalue weighted by atomic mass is 19.2. The molecule has 0 bridgehead atoms. The van der Waals surface area contributed by atoms with Crippen LogP contribution in [0.5, 0.6) is 0 Å². The minimum absolute atomic E-state index is 0.153. The number of ether oxygens (including phenoxy) is 1. The fourth-order valence-corrected chi connectivity index (χ4v) is 2.43. The van der Waals surface area contributed by atoms with Crippen LogP contribution in [0.2, 0.25) is 0 Å². The minimum Gasteiger partial charge on any atom is -0.385 e. The maximum absolute atomic E-state index is 13.8. The van der Waals surface area contributed by atoms with Gasteiger partial charge in [-0.05, 0) is 12.0 Å². The fraction of sp³-hybridized carbons (Fsp3) is 0.571. The second-order valence-electron chi connectivity index (χ2n) is 5.36. The third-order valence-corrected chi connectivity index (χ3v) is 3.67. The topological polar surface area (TPSA) is 29.5 Å². The van der Waals surface area contributed by atoms with Crippen molar-refractivity contribution in [2.45, 2.75) is 38.4 Å². The zero-order valence-corrected chi connectivity index (χ0v) is 10.9. The Morgan fingerprint density at radius 2 is 1.95 bits per heavy atom. The van der Waals surface area contributed by atoms with Gasteiger partial charge >= 0.3 is 0 Å². The van der Waals surface area contributed by atoms with Crippen LogP contribution in [0.1, 0.15) is 32.3 Å². The first kappa shape index (κ1) is 14.3. The molecule has 2 atom stereocenters. The summed E-state index contributed by atoms with van der Waals surface area (Å²) in [4.78, 5) is 0. The van der Waals surface area contributed by atoms with Crippen LogP contribution in [0.4, 0.5) is 13.2 Å². The molecule has 1 fully saturated rings. The zero-order valence-electron chi connectivity index (χ0n) is 10.9. The maximum Gasteiger partial charge on any atom is 0.194 e. The van der Waals surface area contributed by atoms with Gasteiger partial charge in [-0.1, -0.05) is 19.9 Å². The summed E-state index contributed by atoms with van der Waals surface area (Å²) in [6, 6.07) is 1.95. The van der Waals surface area contributed by atoms with E-state index in [0.29, 0.717) is 0 Å². The molecule has 2 nitrogen and oxygen atoms in total. The highest BCUT2D eigenvalue weighted by Gasteiger charge is 2.40. The molecule has 1 saturated heterocycles. The molecule has 5 heteroatoms. The number of aliphatic hydroxyl groups is 1. The second kappa shape index (κ2) is 5.13. The molecule has 1 heterocycles. The summed E-state index contributed by atoms with van der Waals surface area (Å²) in [5.74, 6) is -3.96. The van der Waals surface area contributed by atoms with E-state index in [4.69, 9.17) is 4.74 Å². The van der Waals surface area contributed by atoms with Gasteiger partial charge in [-0.25, -0.2) is 13.2 Å². The molecule has 0 aromatic heterocycles. The highest BCUT2D eigenvalue weighted by molar-refractivity contribution is 5.27. The van der Waals surface area contributed by atoms with Gasteiger partial charge < -0.3 is 9.84 Å². The molecule has 19 heavy (non-hydrogen) atoms. The smallest absolute Gasteiger partial charge is 0.194 e. The molecule has 106 valence electrons. The van der Waals surface area contributed by atoms with Crippen LogP contribution in [-0.2, 0) is 10.3 Å². The maximum atomic E-state index is 13.8. The Morgan fingerprint density at radius 3 is 2.58 bits per heavy atom. The third kappa shape index (κ3) is 2.62. The van der Waals surface area contributed by atoms with Crippen molar-refractivity contribution in [2.75, 3.05) is 6.61 Å².